The molecule has 3 aromatic carbocycles. The maximum atomic E-state index is 15.0. The summed E-state index contributed by atoms with van der Waals surface area (Å²) < 4.78 is 38.5. The van der Waals surface area contributed by atoms with Gasteiger partial charge in [0, 0.05) is 0 Å². The molecular formula is C42H57NO9Si. The van der Waals surface area contributed by atoms with E-state index in [1.807, 2.05) is 105 Å². The fourth-order valence-electron chi connectivity index (χ4n) is 6.49. The van der Waals surface area contributed by atoms with E-state index in [-0.39, 0.29) is 24.9 Å². The molecule has 0 aromatic heterocycles. The average Bonchev–Trinajstić information content (AvgIpc) is 3.58. The van der Waals surface area contributed by atoms with Crippen LogP contribution < -0.4 is 0 Å². The maximum Gasteiger partial charge on any atom is 0.417 e. The molecule has 10 nitrogen and oxygen atoms in total. The molecule has 11 heteroatoms. The second-order valence-electron chi connectivity index (χ2n) is 16.6. The lowest BCUT2D eigenvalue weighted by Gasteiger charge is -2.44. The highest BCUT2D eigenvalue weighted by Gasteiger charge is 2.55. The van der Waals surface area contributed by atoms with Crippen LogP contribution in [0.15, 0.2) is 91.0 Å². The molecule has 6 atom stereocenters. The molecular weight excluding hydrogens is 691 g/mol. The molecule has 5 rings (SSSR count). The zero-order valence-electron chi connectivity index (χ0n) is 32.6. The predicted octanol–water partition coefficient (Wildman–Crippen LogP) is 7.43. The van der Waals surface area contributed by atoms with Crippen molar-refractivity contribution in [2.75, 3.05) is 6.61 Å². The first-order valence-electron chi connectivity index (χ1n) is 18.5. The number of imide groups is 1. The third kappa shape index (κ3) is 10.0. The number of ether oxygens (including phenoxy) is 5. The second kappa shape index (κ2) is 16.5. The maximum absolute atomic E-state index is 15.0. The average molecular weight is 748 g/mol. The Morgan fingerprint density at radius 3 is 1.87 bits per heavy atom. The van der Waals surface area contributed by atoms with Crippen LogP contribution in [0, 0.1) is 0 Å². The van der Waals surface area contributed by atoms with Gasteiger partial charge in [-0.15, -0.1) is 0 Å². The Morgan fingerprint density at radius 2 is 1.38 bits per heavy atom. The van der Waals surface area contributed by atoms with Gasteiger partial charge < -0.3 is 33.2 Å². The Kier molecular flexibility index (Phi) is 12.7. The molecule has 53 heavy (non-hydrogen) atoms. The molecule has 288 valence electrons. The smallest absolute Gasteiger partial charge is 0.417 e. The monoisotopic (exact) mass is 747 g/mol. The topological polar surface area (TPSA) is 113 Å². The van der Waals surface area contributed by atoms with E-state index in [0.29, 0.717) is 6.42 Å². The summed E-state index contributed by atoms with van der Waals surface area (Å²) in [5.74, 6) is -1.64. The Morgan fingerprint density at radius 1 is 0.868 bits per heavy atom. The molecule has 3 aromatic rings. The van der Waals surface area contributed by atoms with E-state index < -0.39 is 68.3 Å². The number of cyclic esters (lactones) is 1. The summed E-state index contributed by atoms with van der Waals surface area (Å²) in [6.45, 7) is 18.1. The summed E-state index contributed by atoms with van der Waals surface area (Å²) >= 11 is 0. The third-order valence-electron chi connectivity index (χ3n) is 10.6. The van der Waals surface area contributed by atoms with E-state index in [9.17, 15) is 14.7 Å². The molecule has 2 heterocycles. The van der Waals surface area contributed by atoms with Crippen molar-refractivity contribution in [3.63, 3.8) is 0 Å². The van der Waals surface area contributed by atoms with E-state index in [1.165, 1.54) is 0 Å². The molecule has 0 saturated carbocycles. The largest absolute Gasteiger partial charge is 0.441 e. The van der Waals surface area contributed by atoms with E-state index in [2.05, 4.69) is 33.9 Å². The quantitative estimate of drug-likeness (QED) is 0.159. The predicted molar refractivity (Wildman–Crippen MR) is 204 cm³/mol. The van der Waals surface area contributed by atoms with Crippen molar-refractivity contribution in [1.29, 1.82) is 0 Å². The van der Waals surface area contributed by atoms with Crippen LogP contribution in [-0.2, 0) is 52.5 Å². The lowest BCUT2D eigenvalue weighted by atomic mass is 9.91. The van der Waals surface area contributed by atoms with E-state index in [4.69, 9.17) is 28.1 Å². The summed E-state index contributed by atoms with van der Waals surface area (Å²) in [7, 11) is -2.58. The first-order chi connectivity index (χ1) is 24.9. The number of rotatable bonds is 15. The van der Waals surface area contributed by atoms with E-state index in [0.717, 1.165) is 21.6 Å². The number of aliphatic hydroxyl groups excluding tert-OH is 1. The fourth-order valence-corrected chi connectivity index (χ4v) is 7.81. The van der Waals surface area contributed by atoms with Crippen LogP contribution in [0.2, 0.25) is 18.1 Å². The lowest BCUT2D eigenvalue weighted by Crippen LogP contribution is -2.61. The first-order valence-corrected chi connectivity index (χ1v) is 21.4. The summed E-state index contributed by atoms with van der Waals surface area (Å²) in [6.07, 6.45) is -6.32. The Balaban J connectivity index is 1.58. The van der Waals surface area contributed by atoms with Crippen LogP contribution in [0.3, 0.4) is 0 Å². The summed E-state index contributed by atoms with van der Waals surface area (Å²) in [4.78, 5) is 29.8. The normalized spacial score (nSPS) is 22.2. The van der Waals surface area contributed by atoms with E-state index >= 15 is 0 Å². The SMILES string of the molecule is CC1(C)OC[C@H]([C@@H](O[Si](C)(C)C(C)(C)C)[C@H](OCc2ccccc2)[C@H](O)[C@@H](OCc2ccccc2)C(=O)N2C(=O)OC(C)(C)[C@H]2Cc2ccccc2)O1. The number of amides is 2. The van der Waals surface area contributed by atoms with Gasteiger partial charge in [0.25, 0.3) is 5.91 Å². The molecule has 0 unspecified atom stereocenters. The number of hydrogen-bond donors (Lipinski definition) is 1. The molecule has 2 aliphatic rings. The Hall–Kier alpha value is -3.42. The van der Waals surface area contributed by atoms with Crippen molar-refractivity contribution in [1.82, 2.24) is 4.90 Å². The van der Waals surface area contributed by atoms with Gasteiger partial charge in [-0.2, -0.15) is 0 Å². The Bertz CT molecular complexity index is 1650. The third-order valence-corrected chi connectivity index (χ3v) is 15.0. The van der Waals surface area contributed by atoms with E-state index in [1.54, 1.807) is 13.8 Å². The van der Waals surface area contributed by atoms with Gasteiger partial charge in [0.1, 0.15) is 30.0 Å². The molecule has 1 N–H and O–H groups in total. The summed E-state index contributed by atoms with van der Waals surface area (Å²) in [5.41, 5.74) is 1.56. The van der Waals surface area contributed by atoms with Crippen molar-refractivity contribution in [3.8, 4) is 0 Å². The van der Waals surface area contributed by atoms with Crippen molar-refractivity contribution in [2.45, 2.75) is 134 Å². The molecule has 2 saturated heterocycles. The van der Waals surface area contributed by atoms with Crippen LogP contribution in [0.5, 0.6) is 0 Å². The van der Waals surface area contributed by atoms with Gasteiger partial charge >= 0.3 is 6.09 Å². The fraction of sp³-hybridized carbons (Fsp3) is 0.524. The molecule has 0 bridgehead atoms. The minimum atomic E-state index is -2.58. The van der Waals surface area contributed by atoms with Crippen LogP contribution in [0.1, 0.15) is 65.2 Å². The van der Waals surface area contributed by atoms with Gasteiger partial charge in [0.15, 0.2) is 20.2 Å². The summed E-state index contributed by atoms with van der Waals surface area (Å²) in [6, 6.07) is 27.9. The van der Waals surface area contributed by atoms with Gasteiger partial charge in [-0.25, -0.2) is 9.69 Å². The number of hydrogen-bond acceptors (Lipinski definition) is 9. The highest BCUT2D eigenvalue weighted by atomic mass is 28.4. The second-order valence-corrected chi connectivity index (χ2v) is 21.3. The molecule has 0 aliphatic carbocycles. The van der Waals surface area contributed by atoms with Crippen molar-refractivity contribution < 1.29 is 42.8 Å². The van der Waals surface area contributed by atoms with Crippen molar-refractivity contribution in [3.05, 3.63) is 108 Å². The van der Waals surface area contributed by atoms with Gasteiger partial charge in [0.2, 0.25) is 0 Å². The molecule has 2 aliphatic heterocycles. The summed E-state index contributed by atoms with van der Waals surface area (Å²) in [5, 5.41) is 12.5. The number of aliphatic hydroxyl groups is 1. The van der Waals surface area contributed by atoms with Crippen molar-refractivity contribution in [2.24, 2.45) is 0 Å². The molecule has 2 fully saturated rings. The van der Waals surface area contributed by atoms with Gasteiger partial charge in [-0.05, 0) is 68.9 Å². The van der Waals surface area contributed by atoms with Crippen LogP contribution in [0.4, 0.5) is 4.79 Å². The number of carbonyl (C=O) groups excluding carboxylic acids is 2. The van der Waals surface area contributed by atoms with Crippen LogP contribution in [0.25, 0.3) is 0 Å². The minimum absolute atomic E-state index is 0.0147. The Labute approximate surface area is 315 Å². The highest BCUT2D eigenvalue weighted by molar-refractivity contribution is 6.74. The van der Waals surface area contributed by atoms with Gasteiger partial charge in [-0.1, -0.05) is 112 Å². The van der Waals surface area contributed by atoms with Gasteiger partial charge in [-0.3, -0.25) is 4.79 Å². The molecule has 0 radical (unpaired) electrons. The van der Waals surface area contributed by atoms with Gasteiger partial charge in [0.05, 0.1) is 25.9 Å². The number of benzene rings is 3. The lowest BCUT2D eigenvalue weighted by molar-refractivity contribution is -0.195. The minimum Gasteiger partial charge on any atom is -0.441 e. The van der Waals surface area contributed by atoms with Crippen molar-refractivity contribution >= 4 is 20.3 Å². The zero-order chi connectivity index (χ0) is 38.6. The molecule has 0 spiro atoms. The van der Waals surface area contributed by atoms with Crippen LogP contribution >= 0.6 is 0 Å². The first kappa shape index (κ1) is 40.8. The number of nitrogens with zero attached hydrogens (tertiary/aromatic N) is 1. The molecule has 2 amide bonds. The number of carbonyl (C=O) groups is 2. The van der Waals surface area contributed by atoms with Crippen LogP contribution in [-0.4, -0.2) is 84.9 Å². The zero-order valence-corrected chi connectivity index (χ0v) is 33.6. The highest BCUT2D eigenvalue weighted by Crippen LogP contribution is 2.41. The standard InChI is InChI=1S/C42H57NO9Si/c1-40(2,3)53(8,9)52-35(32-28-49-42(6,7)50-32)36(47-26-30-21-15-11-16-22-30)34(44)37(48-27-31-23-17-12-18-24-31)38(45)43-33(41(4,5)51-39(43)46)25-29-19-13-10-14-20-29/h10-24,32-37,44H,25-28H2,1-9H3/t32-,33-,34+,35-,36-,37-/m1/s1.